The number of nitrogens with one attached hydrogen (secondary N) is 1. The van der Waals surface area contributed by atoms with Gasteiger partial charge in [-0.3, -0.25) is 10.1 Å². The van der Waals surface area contributed by atoms with Gasteiger partial charge in [0.2, 0.25) is 0 Å². The monoisotopic (exact) mass is 374 g/mol. The maximum atomic E-state index is 12.2. The Bertz CT molecular complexity index is 818. The fourth-order valence-electron chi connectivity index (χ4n) is 1.93. The number of amides is 1. The molecule has 0 bridgehead atoms. The Morgan fingerprint density at radius 2 is 1.95 bits per heavy atom. The van der Waals surface area contributed by atoms with Crippen LogP contribution >= 0.6 is 27.3 Å². The average Bonchev–Trinajstić information content (AvgIpc) is 2.99. The Morgan fingerprint density at radius 1 is 1.18 bits per heavy atom. The second kappa shape index (κ2) is 6.29. The summed E-state index contributed by atoms with van der Waals surface area (Å²) in [6.07, 6.45) is 0. The molecule has 4 nitrogen and oxygen atoms in total. The molecule has 3 aromatic rings. The van der Waals surface area contributed by atoms with E-state index >= 15 is 0 Å². The molecule has 0 aliphatic heterocycles. The molecule has 6 heteroatoms. The van der Waals surface area contributed by atoms with Crippen molar-refractivity contribution in [3.05, 3.63) is 63.9 Å². The molecule has 0 atom stereocenters. The number of anilines is 1. The van der Waals surface area contributed by atoms with Gasteiger partial charge in [0.25, 0.3) is 5.91 Å². The molecular weight excluding hydrogens is 364 g/mol. The zero-order chi connectivity index (χ0) is 15.5. The zero-order valence-corrected chi connectivity index (χ0v) is 13.7. The predicted octanol–water partition coefficient (Wildman–Crippen LogP) is 4.53. The van der Waals surface area contributed by atoms with Gasteiger partial charge < -0.3 is 5.11 Å². The Labute approximate surface area is 139 Å². The van der Waals surface area contributed by atoms with Gasteiger partial charge in [0.15, 0.2) is 5.13 Å². The van der Waals surface area contributed by atoms with Crippen LogP contribution in [0.2, 0.25) is 0 Å². The molecule has 0 unspecified atom stereocenters. The Morgan fingerprint density at radius 3 is 2.73 bits per heavy atom. The Hall–Kier alpha value is -2.18. The van der Waals surface area contributed by atoms with Crippen molar-refractivity contribution < 1.29 is 9.90 Å². The number of carbonyl (C=O) groups excluding carboxylic acids is 1. The molecule has 0 saturated heterocycles. The third-order valence-corrected chi connectivity index (χ3v) is 4.25. The van der Waals surface area contributed by atoms with E-state index in [4.69, 9.17) is 0 Å². The van der Waals surface area contributed by atoms with E-state index in [9.17, 15) is 9.90 Å². The van der Waals surface area contributed by atoms with E-state index in [2.05, 4.69) is 26.2 Å². The molecule has 2 N–H and O–H groups in total. The lowest BCUT2D eigenvalue weighted by Gasteiger charge is -2.04. The van der Waals surface area contributed by atoms with Gasteiger partial charge in [0.05, 0.1) is 11.3 Å². The van der Waals surface area contributed by atoms with Crippen molar-refractivity contribution >= 4 is 38.3 Å². The number of aromatic nitrogens is 1. The lowest BCUT2D eigenvalue weighted by Crippen LogP contribution is -2.11. The topological polar surface area (TPSA) is 62.2 Å². The van der Waals surface area contributed by atoms with E-state index < -0.39 is 5.91 Å². The molecule has 1 heterocycles. The number of hydrogen-bond donors (Lipinski definition) is 2. The first kappa shape index (κ1) is 14.7. The number of aromatic hydroxyl groups is 1. The fourth-order valence-corrected chi connectivity index (χ4v) is 3.00. The van der Waals surface area contributed by atoms with Crippen LogP contribution in [0.4, 0.5) is 5.13 Å². The minimum absolute atomic E-state index is 0.0689. The number of nitrogens with zero attached hydrogens (tertiary/aromatic N) is 1. The molecular formula is C16H11BrN2O2S. The Balaban J connectivity index is 1.81. The summed E-state index contributed by atoms with van der Waals surface area (Å²) in [4.78, 5) is 16.6. The summed E-state index contributed by atoms with van der Waals surface area (Å²) >= 11 is 4.62. The highest BCUT2D eigenvalue weighted by molar-refractivity contribution is 9.10. The van der Waals surface area contributed by atoms with Crippen molar-refractivity contribution in [2.24, 2.45) is 0 Å². The van der Waals surface area contributed by atoms with Crippen molar-refractivity contribution in [1.29, 1.82) is 0 Å². The van der Waals surface area contributed by atoms with Crippen molar-refractivity contribution in [1.82, 2.24) is 4.98 Å². The standard InChI is InChI=1S/C16H11BrN2O2S/c17-11-6-7-14(20)12(8-11)15(21)19-16-18-13(9-22-16)10-4-2-1-3-5-10/h1-9,20H,(H,18,19,21). The molecule has 22 heavy (non-hydrogen) atoms. The number of phenolic OH excluding ortho intramolecular Hbond substituents is 1. The highest BCUT2D eigenvalue weighted by Gasteiger charge is 2.14. The summed E-state index contributed by atoms with van der Waals surface area (Å²) in [5.41, 5.74) is 2.00. The van der Waals surface area contributed by atoms with E-state index in [-0.39, 0.29) is 11.3 Å². The number of thiazole rings is 1. The van der Waals surface area contributed by atoms with Gasteiger partial charge >= 0.3 is 0 Å². The molecule has 1 aromatic heterocycles. The molecule has 110 valence electrons. The van der Waals surface area contributed by atoms with Crippen molar-refractivity contribution in [2.75, 3.05) is 5.32 Å². The quantitative estimate of drug-likeness (QED) is 0.707. The summed E-state index contributed by atoms with van der Waals surface area (Å²) in [6.45, 7) is 0. The van der Waals surface area contributed by atoms with Crippen molar-refractivity contribution in [3.63, 3.8) is 0 Å². The molecule has 3 rings (SSSR count). The summed E-state index contributed by atoms with van der Waals surface area (Å²) < 4.78 is 0.722. The first-order valence-electron chi connectivity index (χ1n) is 6.44. The van der Waals surface area contributed by atoms with Crippen LogP contribution in [0, 0.1) is 0 Å². The van der Waals surface area contributed by atoms with E-state index in [0.29, 0.717) is 5.13 Å². The van der Waals surface area contributed by atoms with Crippen LogP contribution in [-0.2, 0) is 0 Å². The number of rotatable bonds is 3. The number of carbonyl (C=O) groups is 1. The lowest BCUT2D eigenvalue weighted by molar-refractivity contribution is 0.102. The van der Waals surface area contributed by atoms with Gasteiger partial charge in [0.1, 0.15) is 5.75 Å². The normalized spacial score (nSPS) is 10.4. The van der Waals surface area contributed by atoms with Crippen LogP contribution in [0.3, 0.4) is 0 Å². The largest absolute Gasteiger partial charge is 0.507 e. The van der Waals surface area contributed by atoms with Gasteiger partial charge in [0, 0.05) is 15.4 Å². The van der Waals surface area contributed by atoms with Crippen LogP contribution in [-0.4, -0.2) is 16.0 Å². The molecule has 0 aliphatic rings. The summed E-state index contributed by atoms with van der Waals surface area (Å²) in [7, 11) is 0. The average molecular weight is 375 g/mol. The molecule has 0 fully saturated rings. The minimum Gasteiger partial charge on any atom is -0.507 e. The van der Waals surface area contributed by atoms with Crippen LogP contribution in [0.15, 0.2) is 58.4 Å². The van der Waals surface area contributed by atoms with Crippen LogP contribution in [0.1, 0.15) is 10.4 Å². The minimum atomic E-state index is -0.396. The number of hydrogen-bond acceptors (Lipinski definition) is 4. The molecule has 0 aliphatic carbocycles. The van der Waals surface area contributed by atoms with Crippen LogP contribution < -0.4 is 5.32 Å². The first-order chi connectivity index (χ1) is 10.6. The molecule has 0 saturated carbocycles. The first-order valence-corrected chi connectivity index (χ1v) is 8.11. The number of benzene rings is 2. The lowest BCUT2D eigenvalue weighted by atomic mass is 10.2. The van der Waals surface area contributed by atoms with E-state index in [1.165, 1.54) is 17.4 Å². The third kappa shape index (κ3) is 3.18. The SMILES string of the molecule is O=C(Nc1nc(-c2ccccc2)cs1)c1cc(Br)ccc1O. The number of phenols is 1. The second-order valence-corrected chi connectivity index (χ2v) is 6.29. The van der Waals surface area contributed by atoms with E-state index in [1.54, 1.807) is 12.1 Å². The zero-order valence-electron chi connectivity index (χ0n) is 11.3. The van der Waals surface area contributed by atoms with E-state index in [1.807, 2.05) is 35.7 Å². The van der Waals surface area contributed by atoms with Gasteiger partial charge in [-0.1, -0.05) is 46.3 Å². The van der Waals surface area contributed by atoms with Crippen LogP contribution in [0.25, 0.3) is 11.3 Å². The maximum Gasteiger partial charge on any atom is 0.261 e. The van der Waals surface area contributed by atoms with E-state index in [0.717, 1.165) is 15.7 Å². The van der Waals surface area contributed by atoms with Gasteiger partial charge in [-0.15, -0.1) is 11.3 Å². The third-order valence-electron chi connectivity index (χ3n) is 3.00. The summed E-state index contributed by atoms with van der Waals surface area (Å²) in [6, 6.07) is 14.4. The second-order valence-electron chi connectivity index (χ2n) is 4.52. The predicted molar refractivity (Wildman–Crippen MR) is 91.3 cm³/mol. The van der Waals surface area contributed by atoms with Crippen molar-refractivity contribution in [2.45, 2.75) is 0 Å². The Kier molecular flexibility index (Phi) is 4.22. The molecule has 0 radical (unpaired) electrons. The summed E-state index contributed by atoms with van der Waals surface area (Å²) in [5.74, 6) is -0.465. The van der Waals surface area contributed by atoms with Crippen LogP contribution in [0.5, 0.6) is 5.75 Å². The fraction of sp³-hybridized carbons (Fsp3) is 0. The van der Waals surface area contributed by atoms with Gasteiger partial charge in [-0.2, -0.15) is 0 Å². The van der Waals surface area contributed by atoms with Crippen molar-refractivity contribution in [3.8, 4) is 17.0 Å². The van der Waals surface area contributed by atoms with Gasteiger partial charge in [-0.25, -0.2) is 4.98 Å². The number of halogens is 1. The van der Waals surface area contributed by atoms with Gasteiger partial charge in [-0.05, 0) is 18.2 Å². The molecule has 0 spiro atoms. The smallest absolute Gasteiger partial charge is 0.261 e. The highest BCUT2D eigenvalue weighted by atomic mass is 79.9. The highest BCUT2D eigenvalue weighted by Crippen LogP contribution is 2.27. The molecule has 1 amide bonds. The molecule has 2 aromatic carbocycles. The maximum absolute atomic E-state index is 12.2. The summed E-state index contributed by atoms with van der Waals surface area (Å²) in [5, 5.41) is 14.8.